The molecule has 1 heterocycles. The number of aromatic nitrogens is 1. The fraction of sp³-hybridized carbons (Fsp3) is 0.438. The van der Waals surface area contributed by atoms with Crippen LogP contribution in [0.5, 0.6) is 0 Å². The predicted octanol–water partition coefficient (Wildman–Crippen LogP) is 4.47. The maximum atomic E-state index is 6.31. The van der Waals surface area contributed by atoms with E-state index in [2.05, 4.69) is 54.0 Å². The lowest BCUT2D eigenvalue weighted by Crippen LogP contribution is -2.28. The molecule has 1 unspecified atom stereocenters. The minimum absolute atomic E-state index is 0.157. The molecule has 20 heavy (non-hydrogen) atoms. The molecule has 1 aliphatic rings. The molecule has 0 radical (unpaired) electrons. The lowest BCUT2D eigenvalue weighted by Gasteiger charge is -2.32. The maximum Gasteiger partial charge on any atom is 0.0975 e. The van der Waals surface area contributed by atoms with Gasteiger partial charge in [0.2, 0.25) is 0 Å². The summed E-state index contributed by atoms with van der Waals surface area (Å²) in [6.07, 6.45) is 3.00. The highest BCUT2D eigenvalue weighted by atomic mass is 79.9. The van der Waals surface area contributed by atoms with Crippen LogP contribution in [0.3, 0.4) is 0 Å². The summed E-state index contributed by atoms with van der Waals surface area (Å²) in [6.45, 7) is 4.56. The predicted molar refractivity (Wildman–Crippen MR) is 88.1 cm³/mol. The highest BCUT2D eigenvalue weighted by molar-refractivity contribution is 9.10. The topological polar surface area (TPSA) is 38.9 Å². The monoisotopic (exact) mass is 350 g/mol. The van der Waals surface area contributed by atoms with Gasteiger partial charge in [0.15, 0.2) is 0 Å². The molecule has 2 N–H and O–H groups in total. The first-order chi connectivity index (χ1) is 9.43. The standard InChI is InChI=1S/C16H19BrN2S/c1-16(2)8-12(18)15-13(9-16)19-14(20-15)7-10-3-5-11(17)6-4-10/h3-6,12H,7-9,18H2,1-2H3. The third kappa shape index (κ3) is 2.97. The normalized spacial score (nSPS) is 20.7. The van der Waals surface area contributed by atoms with E-state index in [0.29, 0.717) is 0 Å². The second-order valence-electron chi connectivity index (χ2n) is 6.37. The number of thiazole rings is 1. The van der Waals surface area contributed by atoms with Crippen LogP contribution in [0.1, 0.15) is 47.5 Å². The van der Waals surface area contributed by atoms with Gasteiger partial charge in [-0.05, 0) is 36.0 Å². The first kappa shape index (κ1) is 14.2. The van der Waals surface area contributed by atoms with Gasteiger partial charge in [0.05, 0.1) is 10.7 Å². The Kier molecular flexibility index (Phi) is 3.73. The van der Waals surface area contributed by atoms with Crippen molar-refractivity contribution in [1.82, 2.24) is 4.98 Å². The Hall–Kier alpha value is -0.710. The Morgan fingerprint density at radius 3 is 2.75 bits per heavy atom. The number of benzene rings is 1. The number of nitrogens with two attached hydrogens (primary N) is 1. The van der Waals surface area contributed by atoms with Crippen molar-refractivity contribution in [2.75, 3.05) is 0 Å². The average Bonchev–Trinajstić information content (AvgIpc) is 2.73. The molecule has 0 saturated heterocycles. The molecule has 0 saturated carbocycles. The molecule has 1 aliphatic carbocycles. The molecule has 0 amide bonds. The van der Waals surface area contributed by atoms with Gasteiger partial charge in [-0.2, -0.15) is 0 Å². The molecule has 0 fully saturated rings. The summed E-state index contributed by atoms with van der Waals surface area (Å²) in [7, 11) is 0. The van der Waals surface area contributed by atoms with Crippen molar-refractivity contribution < 1.29 is 0 Å². The zero-order valence-corrected chi connectivity index (χ0v) is 14.2. The number of rotatable bonds is 2. The molecule has 1 atom stereocenters. The number of halogens is 1. The van der Waals surface area contributed by atoms with Crippen LogP contribution in [0, 0.1) is 5.41 Å². The number of hydrogen-bond donors (Lipinski definition) is 1. The third-order valence-corrected chi connectivity index (χ3v) is 5.55. The van der Waals surface area contributed by atoms with Gasteiger partial charge in [0.25, 0.3) is 0 Å². The smallest absolute Gasteiger partial charge is 0.0975 e. The van der Waals surface area contributed by atoms with Crippen molar-refractivity contribution in [2.45, 2.75) is 39.2 Å². The number of nitrogens with zero attached hydrogens (tertiary/aromatic N) is 1. The summed E-state index contributed by atoms with van der Waals surface area (Å²) in [5.41, 5.74) is 9.11. The minimum atomic E-state index is 0.157. The second-order valence-corrected chi connectivity index (χ2v) is 8.40. The average molecular weight is 351 g/mol. The molecule has 1 aromatic heterocycles. The Labute approximate surface area is 132 Å². The van der Waals surface area contributed by atoms with E-state index in [-0.39, 0.29) is 11.5 Å². The van der Waals surface area contributed by atoms with Crippen LogP contribution in [0.2, 0.25) is 0 Å². The summed E-state index contributed by atoms with van der Waals surface area (Å²) in [5.74, 6) is 0. The van der Waals surface area contributed by atoms with Gasteiger partial charge in [0, 0.05) is 21.8 Å². The molecule has 0 aliphatic heterocycles. The van der Waals surface area contributed by atoms with Crippen molar-refractivity contribution in [3.05, 3.63) is 49.9 Å². The van der Waals surface area contributed by atoms with E-state index < -0.39 is 0 Å². The molecule has 106 valence electrons. The van der Waals surface area contributed by atoms with Crippen molar-refractivity contribution in [2.24, 2.45) is 11.1 Å². The van der Waals surface area contributed by atoms with Crippen LogP contribution in [0.4, 0.5) is 0 Å². The Morgan fingerprint density at radius 2 is 2.05 bits per heavy atom. The maximum absolute atomic E-state index is 6.31. The molecular formula is C16H19BrN2S. The molecule has 2 aromatic rings. The van der Waals surface area contributed by atoms with Gasteiger partial charge in [0.1, 0.15) is 0 Å². The lowest BCUT2D eigenvalue weighted by atomic mass is 9.77. The van der Waals surface area contributed by atoms with Crippen LogP contribution < -0.4 is 5.73 Å². The van der Waals surface area contributed by atoms with Gasteiger partial charge in [-0.25, -0.2) is 4.98 Å². The third-order valence-electron chi connectivity index (χ3n) is 3.80. The molecule has 2 nitrogen and oxygen atoms in total. The van der Waals surface area contributed by atoms with Gasteiger partial charge in [-0.15, -0.1) is 11.3 Å². The van der Waals surface area contributed by atoms with Crippen LogP contribution in [-0.2, 0) is 12.8 Å². The minimum Gasteiger partial charge on any atom is -0.323 e. The van der Waals surface area contributed by atoms with Crippen LogP contribution in [-0.4, -0.2) is 4.98 Å². The van der Waals surface area contributed by atoms with Crippen LogP contribution in [0.15, 0.2) is 28.7 Å². The second kappa shape index (κ2) is 5.24. The quantitative estimate of drug-likeness (QED) is 0.867. The summed E-state index contributed by atoms with van der Waals surface area (Å²) in [5, 5.41) is 1.19. The summed E-state index contributed by atoms with van der Waals surface area (Å²) >= 11 is 5.26. The van der Waals surface area contributed by atoms with Crippen LogP contribution >= 0.6 is 27.3 Å². The summed E-state index contributed by atoms with van der Waals surface area (Å²) in [4.78, 5) is 6.14. The van der Waals surface area contributed by atoms with Gasteiger partial charge < -0.3 is 5.73 Å². The largest absolute Gasteiger partial charge is 0.323 e. The first-order valence-corrected chi connectivity index (χ1v) is 8.52. The first-order valence-electron chi connectivity index (χ1n) is 6.91. The van der Waals surface area contributed by atoms with E-state index in [1.165, 1.54) is 21.1 Å². The highest BCUT2D eigenvalue weighted by Gasteiger charge is 2.33. The molecular weight excluding hydrogens is 332 g/mol. The van der Waals surface area contributed by atoms with Gasteiger partial charge in [-0.3, -0.25) is 0 Å². The van der Waals surface area contributed by atoms with E-state index in [4.69, 9.17) is 10.7 Å². The van der Waals surface area contributed by atoms with E-state index >= 15 is 0 Å². The van der Waals surface area contributed by atoms with E-state index in [9.17, 15) is 0 Å². The van der Waals surface area contributed by atoms with Crippen molar-refractivity contribution >= 4 is 27.3 Å². The van der Waals surface area contributed by atoms with Crippen molar-refractivity contribution in [1.29, 1.82) is 0 Å². The van der Waals surface area contributed by atoms with E-state index in [0.717, 1.165) is 23.7 Å². The van der Waals surface area contributed by atoms with E-state index in [1.807, 2.05) is 0 Å². The molecule has 1 aromatic carbocycles. The highest BCUT2D eigenvalue weighted by Crippen LogP contribution is 2.42. The zero-order chi connectivity index (χ0) is 14.3. The van der Waals surface area contributed by atoms with Crippen molar-refractivity contribution in [3.63, 3.8) is 0 Å². The number of fused-ring (bicyclic) bond motifs is 1. The zero-order valence-electron chi connectivity index (χ0n) is 11.8. The Bertz CT molecular complexity index is 616. The molecule has 4 heteroatoms. The fourth-order valence-electron chi connectivity index (χ4n) is 2.90. The fourth-order valence-corrected chi connectivity index (χ4v) is 4.28. The summed E-state index contributed by atoms with van der Waals surface area (Å²) in [6, 6.07) is 8.61. The van der Waals surface area contributed by atoms with Gasteiger partial charge >= 0.3 is 0 Å². The Morgan fingerprint density at radius 1 is 1.35 bits per heavy atom. The molecule has 0 spiro atoms. The SMILES string of the molecule is CC1(C)Cc2nc(Cc3ccc(Br)cc3)sc2C(N)C1. The van der Waals surface area contributed by atoms with Crippen molar-refractivity contribution in [3.8, 4) is 0 Å². The number of hydrogen-bond acceptors (Lipinski definition) is 3. The lowest BCUT2D eigenvalue weighted by molar-refractivity contribution is 0.282. The van der Waals surface area contributed by atoms with E-state index in [1.54, 1.807) is 11.3 Å². The van der Waals surface area contributed by atoms with Crippen LogP contribution in [0.25, 0.3) is 0 Å². The summed E-state index contributed by atoms with van der Waals surface area (Å²) < 4.78 is 1.11. The molecule has 3 rings (SSSR count). The molecule has 0 bridgehead atoms. The Balaban J connectivity index is 1.85. The van der Waals surface area contributed by atoms with Gasteiger partial charge in [-0.1, -0.05) is 41.9 Å².